The summed E-state index contributed by atoms with van der Waals surface area (Å²) < 4.78 is 0. The smallest absolute Gasteiger partial charge is 0.317 e. The Labute approximate surface area is 128 Å². The van der Waals surface area contributed by atoms with Crippen LogP contribution in [0.25, 0.3) is 0 Å². The van der Waals surface area contributed by atoms with Crippen molar-refractivity contribution >= 4 is 12.0 Å². The van der Waals surface area contributed by atoms with Gasteiger partial charge in [0.1, 0.15) is 0 Å². The lowest BCUT2D eigenvalue weighted by Gasteiger charge is -2.22. The number of nitrogens with one attached hydrogen (secondary N) is 2. The number of carbonyl (C=O) groups excluding carboxylic acids is 1. The monoisotopic (exact) mass is 301 g/mol. The number of carboxylic acids is 1. The van der Waals surface area contributed by atoms with Crippen LogP contribution in [0.15, 0.2) is 0 Å². The van der Waals surface area contributed by atoms with Crippen molar-refractivity contribution in [2.24, 2.45) is 11.8 Å². The van der Waals surface area contributed by atoms with Gasteiger partial charge in [-0.15, -0.1) is 0 Å². The van der Waals surface area contributed by atoms with Gasteiger partial charge in [0, 0.05) is 26.6 Å². The molecule has 6 nitrogen and oxygen atoms in total. The number of nitrogens with zero attached hydrogens (tertiary/aromatic N) is 1. The number of aliphatic carboxylic acids is 1. The van der Waals surface area contributed by atoms with E-state index < -0.39 is 5.97 Å². The molecule has 0 aromatic carbocycles. The normalized spacial score (nSPS) is 12.2. The van der Waals surface area contributed by atoms with Crippen LogP contribution in [0.1, 0.15) is 39.5 Å². The highest BCUT2D eigenvalue weighted by molar-refractivity contribution is 5.73. The van der Waals surface area contributed by atoms with Crippen molar-refractivity contribution in [2.45, 2.75) is 39.5 Å². The third-order valence-electron chi connectivity index (χ3n) is 3.73. The largest absolute Gasteiger partial charge is 0.481 e. The predicted molar refractivity (Wildman–Crippen MR) is 84.4 cm³/mol. The molecule has 1 atom stereocenters. The molecule has 2 amide bonds. The summed E-state index contributed by atoms with van der Waals surface area (Å²) in [5, 5.41) is 14.7. The lowest BCUT2D eigenvalue weighted by Crippen LogP contribution is -2.39. The summed E-state index contributed by atoms with van der Waals surface area (Å²) in [5.41, 5.74) is 0. The molecule has 0 fully saturated rings. The third-order valence-corrected chi connectivity index (χ3v) is 3.73. The number of hydrogen-bond acceptors (Lipinski definition) is 3. The van der Waals surface area contributed by atoms with E-state index in [1.165, 1.54) is 0 Å². The van der Waals surface area contributed by atoms with Crippen LogP contribution in [0.3, 0.4) is 0 Å². The summed E-state index contributed by atoms with van der Waals surface area (Å²) in [6.45, 7) is 6.40. The van der Waals surface area contributed by atoms with E-state index in [9.17, 15) is 9.59 Å². The molecule has 0 saturated carbocycles. The molecule has 0 radical (unpaired) electrons. The van der Waals surface area contributed by atoms with E-state index in [2.05, 4.69) is 24.5 Å². The minimum Gasteiger partial charge on any atom is -0.481 e. The van der Waals surface area contributed by atoms with Gasteiger partial charge in [-0.3, -0.25) is 4.79 Å². The predicted octanol–water partition coefficient (Wildman–Crippen LogP) is 1.76. The van der Waals surface area contributed by atoms with Gasteiger partial charge in [0.2, 0.25) is 0 Å². The highest BCUT2D eigenvalue weighted by Gasteiger charge is 2.15. The minimum atomic E-state index is -0.756. The number of urea groups is 1. The third kappa shape index (κ3) is 10.1. The molecule has 0 aliphatic rings. The first-order chi connectivity index (χ1) is 9.88. The summed E-state index contributed by atoms with van der Waals surface area (Å²) in [4.78, 5) is 24.2. The molecule has 0 aromatic rings. The van der Waals surface area contributed by atoms with Crippen molar-refractivity contribution in [3.8, 4) is 0 Å². The number of amides is 2. The molecule has 124 valence electrons. The first-order valence-electron chi connectivity index (χ1n) is 7.73. The summed E-state index contributed by atoms with van der Waals surface area (Å²) >= 11 is 0. The molecule has 0 saturated heterocycles. The highest BCUT2D eigenvalue weighted by Crippen LogP contribution is 2.20. The topological polar surface area (TPSA) is 81.7 Å². The average molecular weight is 301 g/mol. The van der Waals surface area contributed by atoms with Crippen molar-refractivity contribution < 1.29 is 14.7 Å². The zero-order chi connectivity index (χ0) is 16.3. The second-order valence-corrected chi connectivity index (χ2v) is 5.84. The molecule has 3 N–H and O–H groups in total. The molecule has 0 spiro atoms. The molecule has 0 aliphatic carbocycles. The first kappa shape index (κ1) is 19.7. The number of carbonyl (C=O) groups is 2. The maximum atomic E-state index is 11.9. The van der Waals surface area contributed by atoms with Crippen LogP contribution in [0.4, 0.5) is 4.79 Å². The Morgan fingerprint density at radius 3 is 2.38 bits per heavy atom. The van der Waals surface area contributed by atoms with Crippen LogP contribution in [0.2, 0.25) is 0 Å². The van der Waals surface area contributed by atoms with Crippen LogP contribution < -0.4 is 10.6 Å². The van der Waals surface area contributed by atoms with E-state index in [4.69, 9.17) is 5.11 Å². The van der Waals surface area contributed by atoms with E-state index in [0.717, 1.165) is 25.9 Å². The highest BCUT2D eigenvalue weighted by atomic mass is 16.4. The van der Waals surface area contributed by atoms with Crippen LogP contribution in [-0.4, -0.2) is 55.7 Å². The van der Waals surface area contributed by atoms with Crippen molar-refractivity contribution in [3.63, 3.8) is 0 Å². The maximum Gasteiger partial charge on any atom is 0.317 e. The van der Waals surface area contributed by atoms with Gasteiger partial charge >= 0.3 is 12.0 Å². The van der Waals surface area contributed by atoms with Crippen LogP contribution in [-0.2, 0) is 4.79 Å². The molecule has 0 aromatic heterocycles. The summed E-state index contributed by atoms with van der Waals surface area (Å²) in [6, 6.07) is -0.0631. The Morgan fingerprint density at radius 2 is 1.86 bits per heavy atom. The lowest BCUT2D eigenvalue weighted by molar-refractivity contribution is -0.137. The second-order valence-electron chi connectivity index (χ2n) is 5.84. The van der Waals surface area contributed by atoms with Crippen molar-refractivity contribution in [2.75, 3.05) is 33.7 Å². The second kappa shape index (κ2) is 11.4. The molecule has 0 rings (SSSR count). The van der Waals surface area contributed by atoms with Gasteiger partial charge in [0.25, 0.3) is 0 Å². The van der Waals surface area contributed by atoms with E-state index in [-0.39, 0.29) is 12.5 Å². The summed E-state index contributed by atoms with van der Waals surface area (Å²) in [5.74, 6) is -0.000407. The van der Waals surface area contributed by atoms with Gasteiger partial charge in [-0.2, -0.15) is 0 Å². The molecule has 0 aliphatic heterocycles. The van der Waals surface area contributed by atoms with Gasteiger partial charge in [-0.05, 0) is 44.7 Å². The fourth-order valence-electron chi connectivity index (χ4n) is 2.21. The quantitative estimate of drug-likeness (QED) is 0.508. The molecule has 0 heterocycles. The number of rotatable bonds is 11. The summed E-state index contributed by atoms with van der Waals surface area (Å²) in [6.07, 6.45) is 2.61. The number of carboxylic acid groups (broad SMARTS) is 1. The van der Waals surface area contributed by atoms with Gasteiger partial charge in [-0.25, -0.2) is 4.79 Å². The standard InChI is InChI=1S/C15H31N3O3/c1-12(2)13(6-7-14(19)20)8-10-17-15(21)18(4)11-5-9-16-3/h12-13,16H,5-11H2,1-4H3,(H,17,21)(H,19,20). The van der Waals surface area contributed by atoms with Crippen molar-refractivity contribution in [1.29, 1.82) is 0 Å². The fraction of sp³-hybridized carbons (Fsp3) is 0.867. The first-order valence-corrected chi connectivity index (χ1v) is 7.73. The van der Waals surface area contributed by atoms with Crippen molar-refractivity contribution in [3.05, 3.63) is 0 Å². The average Bonchev–Trinajstić information content (AvgIpc) is 2.41. The van der Waals surface area contributed by atoms with Gasteiger partial charge in [0.05, 0.1) is 0 Å². The van der Waals surface area contributed by atoms with Crippen molar-refractivity contribution in [1.82, 2.24) is 15.5 Å². The molecular formula is C15H31N3O3. The Kier molecular flexibility index (Phi) is 10.7. The van der Waals surface area contributed by atoms with E-state index in [1.807, 2.05) is 7.05 Å². The van der Waals surface area contributed by atoms with Gasteiger partial charge < -0.3 is 20.6 Å². The molecular weight excluding hydrogens is 270 g/mol. The molecule has 1 unspecified atom stereocenters. The van der Waals surface area contributed by atoms with Gasteiger partial charge in [0.15, 0.2) is 0 Å². The fourth-order valence-corrected chi connectivity index (χ4v) is 2.21. The maximum absolute atomic E-state index is 11.9. The zero-order valence-electron chi connectivity index (χ0n) is 13.8. The SMILES string of the molecule is CNCCCN(C)C(=O)NCCC(CCC(=O)O)C(C)C. The zero-order valence-corrected chi connectivity index (χ0v) is 13.8. The van der Waals surface area contributed by atoms with Crippen LogP contribution in [0.5, 0.6) is 0 Å². The Balaban J connectivity index is 3.96. The molecule has 6 heteroatoms. The Morgan fingerprint density at radius 1 is 1.19 bits per heavy atom. The van der Waals surface area contributed by atoms with E-state index in [1.54, 1.807) is 11.9 Å². The molecule has 0 bridgehead atoms. The van der Waals surface area contributed by atoms with E-state index in [0.29, 0.717) is 24.8 Å². The van der Waals surface area contributed by atoms with Crippen LogP contribution in [0, 0.1) is 11.8 Å². The Bertz CT molecular complexity index is 309. The molecule has 21 heavy (non-hydrogen) atoms. The van der Waals surface area contributed by atoms with E-state index >= 15 is 0 Å². The lowest BCUT2D eigenvalue weighted by atomic mass is 9.88. The minimum absolute atomic E-state index is 0.0631. The van der Waals surface area contributed by atoms with Crippen LogP contribution >= 0.6 is 0 Å². The summed E-state index contributed by atoms with van der Waals surface area (Å²) in [7, 11) is 3.68. The Hall–Kier alpha value is -1.30. The number of hydrogen-bond donors (Lipinski definition) is 3. The van der Waals surface area contributed by atoms with Gasteiger partial charge in [-0.1, -0.05) is 13.8 Å².